The molecule has 0 aliphatic carbocycles. The zero-order valence-corrected chi connectivity index (χ0v) is 24.9. The second-order valence-corrected chi connectivity index (χ2v) is 13.1. The van der Waals surface area contributed by atoms with Gasteiger partial charge in [-0.15, -0.1) is 0 Å². The highest BCUT2D eigenvalue weighted by molar-refractivity contribution is 7.66. The van der Waals surface area contributed by atoms with Crippen molar-refractivity contribution in [1.82, 2.24) is 14.9 Å². The number of aromatic nitrogens is 2. The summed E-state index contributed by atoms with van der Waals surface area (Å²) in [7, 11) is -16.8. The summed E-state index contributed by atoms with van der Waals surface area (Å²) in [5, 5.41) is 29.9. The molecule has 7 N–H and O–H groups in total. The number of carbonyl (C=O) groups is 1. The molecule has 0 spiro atoms. The number of nitrogens with one attached hydrogen (secondary N) is 2. The summed E-state index contributed by atoms with van der Waals surface area (Å²) < 4.78 is 52.0. The molecule has 5 atom stereocenters. The van der Waals surface area contributed by atoms with E-state index >= 15 is 0 Å². The second kappa shape index (κ2) is 14.7. The number of ether oxygens (including phenoxy) is 1. The number of nitrogens with zero attached hydrogens (tertiary/aromatic N) is 6. The SMILES string of the molecule is [N-]=[N+]=Nc1ccc([N+](=O)[O-])c(C(=O)NCCNc2ccn([C@H]3C[C@H](O)[C@@H](COP(=O)(O)OP(=O)(O)OP(=O)(O)O)O3)c(=O)n2)c1. The lowest BCUT2D eigenvalue weighted by molar-refractivity contribution is -0.385. The van der Waals surface area contributed by atoms with E-state index in [4.69, 9.17) is 20.1 Å². The first kappa shape index (κ1) is 35.9. The number of phosphoric acid groups is 3. The molecule has 0 saturated carbocycles. The van der Waals surface area contributed by atoms with Crippen LogP contribution in [0.15, 0.2) is 40.4 Å². The van der Waals surface area contributed by atoms with Gasteiger partial charge in [-0.1, -0.05) is 5.11 Å². The fourth-order valence-electron chi connectivity index (χ4n) is 3.68. The highest BCUT2D eigenvalue weighted by Crippen LogP contribution is 2.66. The summed E-state index contributed by atoms with van der Waals surface area (Å²) in [5.74, 6) is -0.786. The van der Waals surface area contributed by atoms with Gasteiger partial charge in [-0.3, -0.25) is 24.0 Å². The maximum atomic E-state index is 12.6. The molecule has 45 heavy (non-hydrogen) atoms. The number of nitro benzene ring substituents is 1. The van der Waals surface area contributed by atoms with Crippen LogP contribution in [0.25, 0.3) is 10.4 Å². The number of phosphoric ester groups is 1. The molecule has 246 valence electrons. The summed E-state index contributed by atoms with van der Waals surface area (Å²) in [6, 6.07) is 4.57. The molecule has 3 rings (SSSR count). The van der Waals surface area contributed by atoms with E-state index in [0.29, 0.717) is 0 Å². The number of hydrogen-bond donors (Lipinski definition) is 7. The van der Waals surface area contributed by atoms with E-state index < -0.39 is 70.7 Å². The number of aliphatic hydroxyl groups is 1. The van der Waals surface area contributed by atoms with Crippen molar-refractivity contribution < 1.29 is 66.0 Å². The minimum atomic E-state index is -5.75. The van der Waals surface area contributed by atoms with E-state index in [9.17, 15) is 48.3 Å². The number of carbonyl (C=O) groups excluding carboxylic acids is 1. The lowest BCUT2D eigenvalue weighted by Gasteiger charge is -2.19. The lowest BCUT2D eigenvalue weighted by atomic mass is 10.1. The van der Waals surface area contributed by atoms with Crippen LogP contribution in [0.4, 0.5) is 17.2 Å². The van der Waals surface area contributed by atoms with Gasteiger partial charge in [0.1, 0.15) is 23.7 Å². The molecule has 1 aliphatic heterocycles. The lowest BCUT2D eigenvalue weighted by Crippen LogP contribution is -2.31. The Labute approximate surface area is 249 Å². The maximum Gasteiger partial charge on any atom is 0.490 e. The Hall–Kier alpha value is -3.59. The number of nitro groups is 1. The minimum absolute atomic E-state index is 0.00729. The van der Waals surface area contributed by atoms with Crippen molar-refractivity contribution in [2.45, 2.75) is 24.9 Å². The van der Waals surface area contributed by atoms with E-state index in [1.165, 1.54) is 18.3 Å². The zero-order chi connectivity index (χ0) is 33.6. The summed E-state index contributed by atoms with van der Waals surface area (Å²) >= 11 is 0. The molecule has 1 aromatic heterocycles. The third-order valence-electron chi connectivity index (χ3n) is 5.46. The first-order valence-corrected chi connectivity index (χ1v) is 16.5. The van der Waals surface area contributed by atoms with Crippen LogP contribution in [0.2, 0.25) is 0 Å². The van der Waals surface area contributed by atoms with Gasteiger partial charge in [-0.05, 0) is 23.7 Å². The normalized spacial score (nSPS) is 20.8. The summed E-state index contributed by atoms with van der Waals surface area (Å²) in [6.45, 7) is -1.01. The number of rotatable bonds is 15. The molecular formula is C18H23N8O16P3. The number of hydrogen-bond acceptors (Lipinski definition) is 15. The predicted octanol–water partition coefficient (Wildman–Crippen LogP) is 0.927. The minimum Gasteiger partial charge on any atom is -0.390 e. The largest absolute Gasteiger partial charge is 0.490 e. The van der Waals surface area contributed by atoms with Crippen molar-refractivity contribution in [1.29, 1.82) is 0 Å². The zero-order valence-electron chi connectivity index (χ0n) is 22.2. The molecule has 1 aliphatic rings. The van der Waals surface area contributed by atoms with Gasteiger partial charge in [-0.2, -0.15) is 13.6 Å². The standard InChI is InChI=1S/C18H23N8O16P3/c19-24-23-10-1-2-12(26(30)31)11(7-10)17(28)21-5-4-20-15-3-6-25(18(29)22-15)16-8-13(27)14(40-16)9-39-44(35,36)42-45(37,38)41-43(32,33)34/h1-3,6-7,13-14,16,27H,4-5,8-9H2,(H,21,28)(H,35,36)(H,37,38)(H,20,22,29)(H2,32,33,34)/t13-,14+,16+/m0/s1. The van der Waals surface area contributed by atoms with Gasteiger partial charge in [0, 0.05) is 42.4 Å². The van der Waals surface area contributed by atoms with E-state index in [2.05, 4.69) is 38.8 Å². The molecule has 1 aromatic carbocycles. The molecule has 27 heteroatoms. The number of azide groups is 1. The fraction of sp³-hybridized carbons (Fsp3) is 0.389. The van der Waals surface area contributed by atoms with Crippen molar-refractivity contribution in [2.75, 3.05) is 25.0 Å². The number of amides is 1. The van der Waals surface area contributed by atoms with Crippen LogP contribution < -0.4 is 16.3 Å². The van der Waals surface area contributed by atoms with Gasteiger partial charge < -0.3 is 40.1 Å². The highest BCUT2D eigenvalue weighted by Gasteiger charge is 2.43. The average Bonchev–Trinajstić information content (AvgIpc) is 3.27. The highest BCUT2D eigenvalue weighted by atomic mass is 31.3. The monoisotopic (exact) mass is 700 g/mol. The third-order valence-corrected chi connectivity index (χ3v) is 9.26. The van der Waals surface area contributed by atoms with E-state index in [0.717, 1.165) is 16.7 Å². The van der Waals surface area contributed by atoms with Crippen LogP contribution in [-0.2, 0) is 31.6 Å². The van der Waals surface area contributed by atoms with Crippen molar-refractivity contribution in [3.05, 3.63) is 67.1 Å². The summed E-state index contributed by atoms with van der Waals surface area (Å²) in [4.78, 5) is 77.7. The molecule has 2 aromatic rings. The molecular weight excluding hydrogens is 677 g/mol. The molecule has 2 heterocycles. The van der Waals surface area contributed by atoms with Gasteiger partial charge in [0.2, 0.25) is 0 Å². The first-order chi connectivity index (χ1) is 20.9. The average molecular weight is 700 g/mol. The van der Waals surface area contributed by atoms with Gasteiger partial charge in [-0.25, -0.2) is 18.5 Å². The number of benzene rings is 1. The van der Waals surface area contributed by atoms with Gasteiger partial charge >= 0.3 is 29.2 Å². The molecule has 1 fully saturated rings. The van der Waals surface area contributed by atoms with Crippen molar-refractivity contribution in [2.24, 2.45) is 5.11 Å². The number of anilines is 1. The van der Waals surface area contributed by atoms with Crippen LogP contribution in [-0.4, -0.2) is 77.0 Å². The summed E-state index contributed by atoms with van der Waals surface area (Å²) in [5.41, 5.74) is 6.79. The summed E-state index contributed by atoms with van der Waals surface area (Å²) in [6.07, 6.45) is -2.93. The van der Waals surface area contributed by atoms with Gasteiger partial charge in [0.15, 0.2) is 0 Å². The smallest absolute Gasteiger partial charge is 0.390 e. The topological polar surface area (TPSA) is 357 Å². The Morgan fingerprint density at radius 3 is 2.53 bits per heavy atom. The molecule has 24 nitrogen and oxygen atoms in total. The van der Waals surface area contributed by atoms with Crippen LogP contribution in [0.5, 0.6) is 0 Å². The van der Waals surface area contributed by atoms with Crippen molar-refractivity contribution in [3.63, 3.8) is 0 Å². The Kier molecular flexibility index (Phi) is 11.7. The first-order valence-electron chi connectivity index (χ1n) is 12.0. The maximum absolute atomic E-state index is 12.6. The fourth-order valence-corrected chi connectivity index (χ4v) is 6.71. The third kappa shape index (κ3) is 10.8. The van der Waals surface area contributed by atoms with Crippen molar-refractivity contribution >= 4 is 46.6 Å². The number of aliphatic hydroxyl groups excluding tert-OH is 1. The predicted molar refractivity (Wildman–Crippen MR) is 146 cm³/mol. The Bertz CT molecular complexity index is 1690. The Morgan fingerprint density at radius 2 is 1.91 bits per heavy atom. The van der Waals surface area contributed by atoms with Crippen LogP contribution in [0.3, 0.4) is 0 Å². The Balaban J connectivity index is 1.53. The molecule has 0 bridgehead atoms. The van der Waals surface area contributed by atoms with E-state index in [1.807, 2.05) is 0 Å². The van der Waals surface area contributed by atoms with Gasteiger partial charge in [0.05, 0.1) is 17.6 Å². The molecule has 0 radical (unpaired) electrons. The van der Waals surface area contributed by atoms with Crippen LogP contribution in [0.1, 0.15) is 23.0 Å². The molecule has 1 amide bonds. The van der Waals surface area contributed by atoms with Gasteiger partial charge in [0.25, 0.3) is 11.6 Å². The Morgan fingerprint density at radius 1 is 1.20 bits per heavy atom. The van der Waals surface area contributed by atoms with Crippen LogP contribution in [0, 0.1) is 10.1 Å². The van der Waals surface area contributed by atoms with E-state index in [1.54, 1.807) is 0 Å². The second-order valence-electron chi connectivity index (χ2n) is 8.65. The molecule has 1 saturated heterocycles. The molecule has 2 unspecified atom stereocenters. The van der Waals surface area contributed by atoms with Crippen molar-refractivity contribution in [3.8, 4) is 0 Å². The van der Waals surface area contributed by atoms with E-state index in [-0.39, 0.29) is 36.6 Å². The van der Waals surface area contributed by atoms with Crippen LogP contribution >= 0.6 is 23.5 Å². The quantitative estimate of drug-likeness (QED) is 0.0258.